The smallest absolute Gasteiger partial charge is 0.307 e. The Morgan fingerprint density at radius 1 is 1.38 bits per heavy atom. The number of benzene rings is 1. The summed E-state index contributed by atoms with van der Waals surface area (Å²) in [5.41, 5.74) is 0.958. The standard InChI is InChI=1S/C12H9FO3/c13-10-5-8(6-12(14)15)4-9(7-10)11-2-1-3-16-11/h1-5,7H,6H2,(H,14,15). The first-order valence-corrected chi connectivity index (χ1v) is 4.70. The van der Waals surface area contributed by atoms with Gasteiger partial charge in [0.1, 0.15) is 11.6 Å². The summed E-state index contributed by atoms with van der Waals surface area (Å²) >= 11 is 0. The van der Waals surface area contributed by atoms with Gasteiger partial charge >= 0.3 is 5.97 Å². The zero-order valence-electron chi connectivity index (χ0n) is 8.31. The summed E-state index contributed by atoms with van der Waals surface area (Å²) in [5.74, 6) is -0.938. The molecule has 4 heteroatoms. The third-order valence-corrected chi connectivity index (χ3v) is 2.12. The van der Waals surface area contributed by atoms with E-state index in [2.05, 4.69) is 0 Å². The summed E-state index contributed by atoms with van der Waals surface area (Å²) in [4.78, 5) is 10.5. The van der Waals surface area contributed by atoms with E-state index in [1.807, 2.05) is 0 Å². The number of hydrogen-bond donors (Lipinski definition) is 1. The molecule has 1 aromatic carbocycles. The second-order valence-corrected chi connectivity index (χ2v) is 3.40. The van der Waals surface area contributed by atoms with Gasteiger partial charge in [-0.05, 0) is 35.9 Å². The summed E-state index contributed by atoms with van der Waals surface area (Å²) in [5, 5.41) is 8.63. The predicted molar refractivity (Wildman–Crippen MR) is 55.4 cm³/mol. The highest BCUT2D eigenvalue weighted by atomic mass is 19.1. The summed E-state index contributed by atoms with van der Waals surface area (Å²) in [7, 11) is 0. The van der Waals surface area contributed by atoms with Gasteiger partial charge in [0, 0.05) is 5.56 Å². The normalized spacial score (nSPS) is 10.3. The number of carbonyl (C=O) groups is 1. The number of furan rings is 1. The highest BCUT2D eigenvalue weighted by molar-refractivity contribution is 5.71. The van der Waals surface area contributed by atoms with Crippen LogP contribution in [0.4, 0.5) is 4.39 Å². The predicted octanol–water partition coefficient (Wildman–Crippen LogP) is 2.71. The molecule has 0 saturated carbocycles. The number of hydrogen-bond acceptors (Lipinski definition) is 2. The Morgan fingerprint density at radius 3 is 2.81 bits per heavy atom. The molecule has 82 valence electrons. The van der Waals surface area contributed by atoms with Crippen LogP contribution in [0.25, 0.3) is 11.3 Å². The summed E-state index contributed by atoms with van der Waals surface area (Å²) in [6.07, 6.45) is 1.28. The summed E-state index contributed by atoms with van der Waals surface area (Å²) in [6.45, 7) is 0. The van der Waals surface area contributed by atoms with Gasteiger partial charge in [-0.15, -0.1) is 0 Å². The average Bonchev–Trinajstić information content (AvgIpc) is 2.67. The van der Waals surface area contributed by atoms with E-state index in [4.69, 9.17) is 9.52 Å². The minimum Gasteiger partial charge on any atom is -0.481 e. The molecule has 1 N–H and O–H groups in total. The van der Waals surface area contributed by atoms with E-state index in [0.29, 0.717) is 16.9 Å². The molecule has 0 amide bonds. The minimum absolute atomic E-state index is 0.203. The van der Waals surface area contributed by atoms with Crippen molar-refractivity contribution >= 4 is 5.97 Å². The second-order valence-electron chi connectivity index (χ2n) is 3.40. The number of halogens is 1. The van der Waals surface area contributed by atoms with Crippen molar-refractivity contribution in [3.05, 3.63) is 48.0 Å². The molecule has 0 spiro atoms. The van der Waals surface area contributed by atoms with Gasteiger partial charge in [-0.2, -0.15) is 0 Å². The highest BCUT2D eigenvalue weighted by Crippen LogP contribution is 2.22. The Labute approximate surface area is 91.1 Å². The fourth-order valence-electron chi connectivity index (χ4n) is 1.51. The zero-order chi connectivity index (χ0) is 11.5. The molecule has 0 aliphatic heterocycles. The van der Waals surface area contributed by atoms with Gasteiger partial charge in [-0.1, -0.05) is 0 Å². The lowest BCUT2D eigenvalue weighted by molar-refractivity contribution is -0.136. The maximum absolute atomic E-state index is 13.2. The SMILES string of the molecule is O=C(O)Cc1cc(F)cc(-c2ccco2)c1. The van der Waals surface area contributed by atoms with Gasteiger partial charge in [0.2, 0.25) is 0 Å². The molecule has 1 heterocycles. The number of carboxylic acids is 1. The van der Waals surface area contributed by atoms with E-state index in [0.717, 1.165) is 0 Å². The van der Waals surface area contributed by atoms with Crippen molar-refractivity contribution < 1.29 is 18.7 Å². The Balaban J connectivity index is 2.40. The van der Waals surface area contributed by atoms with Crippen LogP contribution >= 0.6 is 0 Å². The first-order valence-electron chi connectivity index (χ1n) is 4.70. The molecular weight excluding hydrogens is 211 g/mol. The van der Waals surface area contributed by atoms with Gasteiger partial charge in [-0.25, -0.2) is 4.39 Å². The van der Waals surface area contributed by atoms with Gasteiger partial charge in [0.05, 0.1) is 12.7 Å². The Hall–Kier alpha value is -2.10. The molecule has 0 unspecified atom stereocenters. The van der Waals surface area contributed by atoms with Crippen molar-refractivity contribution in [2.24, 2.45) is 0 Å². The van der Waals surface area contributed by atoms with Crippen molar-refractivity contribution in [1.29, 1.82) is 0 Å². The third-order valence-electron chi connectivity index (χ3n) is 2.12. The van der Waals surface area contributed by atoms with Crippen LogP contribution in [0.5, 0.6) is 0 Å². The van der Waals surface area contributed by atoms with E-state index >= 15 is 0 Å². The van der Waals surface area contributed by atoms with Crippen LogP contribution in [0.1, 0.15) is 5.56 Å². The van der Waals surface area contributed by atoms with Crippen LogP contribution in [0.2, 0.25) is 0 Å². The number of rotatable bonds is 3. The van der Waals surface area contributed by atoms with Crippen LogP contribution in [-0.4, -0.2) is 11.1 Å². The van der Waals surface area contributed by atoms with Crippen LogP contribution in [0, 0.1) is 5.82 Å². The van der Waals surface area contributed by atoms with E-state index in [1.165, 1.54) is 18.4 Å². The summed E-state index contributed by atoms with van der Waals surface area (Å²) < 4.78 is 18.4. The first-order chi connectivity index (χ1) is 7.65. The largest absolute Gasteiger partial charge is 0.481 e. The molecule has 3 nitrogen and oxygen atoms in total. The molecule has 1 aromatic heterocycles. The molecule has 0 saturated heterocycles. The van der Waals surface area contributed by atoms with Gasteiger partial charge < -0.3 is 9.52 Å². The van der Waals surface area contributed by atoms with E-state index < -0.39 is 11.8 Å². The second kappa shape index (κ2) is 4.18. The van der Waals surface area contributed by atoms with Crippen LogP contribution < -0.4 is 0 Å². The minimum atomic E-state index is -0.990. The van der Waals surface area contributed by atoms with Crippen molar-refractivity contribution in [3.63, 3.8) is 0 Å². The Bertz CT molecular complexity index is 503. The Morgan fingerprint density at radius 2 is 2.19 bits per heavy atom. The van der Waals surface area contributed by atoms with Crippen LogP contribution in [-0.2, 0) is 11.2 Å². The van der Waals surface area contributed by atoms with E-state index in [-0.39, 0.29) is 6.42 Å². The van der Waals surface area contributed by atoms with E-state index in [9.17, 15) is 9.18 Å². The molecule has 0 atom stereocenters. The monoisotopic (exact) mass is 220 g/mol. The molecule has 16 heavy (non-hydrogen) atoms. The maximum atomic E-state index is 13.2. The van der Waals surface area contributed by atoms with Crippen molar-refractivity contribution in [3.8, 4) is 11.3 Å². The third kappa shape index (κ3) is 2.28. The molecule has 2 aromatic rings. The molecule has 0 fully saturated rings. The molecule has 2 rings (SSSR count). The molecular formula is C12H9FO3. The quantitative estimate of drug-likeness (QED) is 0.865. The lowest BCUT2D eigenvalue weighted by Gasteiger charge is -2.02. The van der Waals surface area contributed by atoms with Crippen LogP contribution in [0.15, 0.2) is 41.0 Å². The molecule has 0 bridgehead atoms. The topological polar surface area (TPSA) is 50.4 Å². The zero-order valence-corrected chi connectivity index (χ0v) is 8.31. The van der Waals surface area contributed by atoms with Gasteiger partial charge in [0.25, 0.3) is 0 Å². The Kier molecular flexibility index (Phi) is 2.72. The lowest BCUT2D eigenvalue weighted by Crippen LogP contribution is -2.00. The molecule has 0 radical (unpaired) electrons. The molecule has 0 aliphatic rings. The van der Waals surface area contributed by atoms with Gasteiger partial charge in [-0.3, -0.25) is 4.79 Å². The first kappa shape index (κ1) is 10.4. The van der Waals surface area contributed by atoms with Gasteiger partial charge in [0.15, 0.2) is 0 Å². The number of carboxylic acid groups (broad SMARTS) is 1. The molecule has 0 aliphatic carbocycles. The lowest BCUT2D eigenvalue weighted by atomic mass is 10.1. The maximum Gasteiger partial charge on any atom is 0.307 e. The average molecular weight is 220 g/mol. The van der Waals surface area contributed by atoms with Crippen molar-refractivity contribution in [2.75, 3.05) is 0 Å². The fraction of sp³-hybridized carbons (Fsp3) is 0.0833. The summed E-state index contributed by atoms with van der Waals surface area (Å²) in [6, 6.07) is 7.51. The highest BCUT2D eigenvalue weighted by Gasteiger charge is 2.07. The fourth-order valence-corrected chi connectivity index (χ4v) is 1.51. The van der Waals surface area contributed by atoms with Crippen LogP contribution in [0.3, 0.4) is 0 Å². The van der Waals surface area contributed by atoms with E-state index in [1.54, 1.807) is 18.2 Å². The van der Waals surface area contributed by atoms with Crippen molar-refractivity contribution in [1.82, 2.24) is 0 Å². The number of aliphatic carboxylic acids is 1. The van der Waals surface area contributed by atoms with Crippen molar-refractivity contribution in [2.45, 2.75) is 6.42 Å².